The molecular weight excluding hydrogens is 232 g/mol. The molecule has 0 fully saturated rings. The fraction of sp³-hybridized carbons (Fsp3) is 0.235. The Morgan fingerprint density at radius 3 is 2.21 bits per heavy atom. The van der Waals surface area contributed by atoms with Crippen molar-refractivity contribution in [1.82, 2.24) is 9.38 Å². The van der Waals surface area contributed by atoms with E-state index in [0.717, 1.165) is 11.3 Å². The molecule has 1 aromatic carbocycles. The first-order valence-electron chi connectivity index (χ1n) is 6.59. The zero-order valence-corrected chi connectivity index (χ0v) is 11.9. The summed E-state index contributed by atoms with van der Waals surface area (Å²) in [6.45, 7) is 8.44. The molecule has 2 heterocycles. The van der Waals surface area contributed by atoms with E-state index >= 15 is 0 Å². The lowest BCUT2D eigenvalue weighted by Gasteiger charge is -2.08. The highest BCUT2D eigenvalue weighted by Gasteiger charge is 2.12. The molecule has 2 heteroatoms. The van der Waals surface area contributed by atoms with E-state index in [4.69, 9.17) is 4.98 Å². The molecule has 0 radical (unpaired) electrons. The molecule has 0 aliphatic rings. The van der Waals surface area contributed by atoms with E-state index in [2.05, 4.69) is 68.5 Å². The van der Waals surface area contributed by atoms with Gasteiger partial charge < -0.3 is 0 Å². The van der Waals surface area contributed by atoms with Crippen LogP contribution >= 0.6 is 0 Å². The molecule has 2 aromatic heterocycles. The van der Waals surface area contributed by atoms with Gasteiger partial charge >= 0.3 is 0 Å². The van der Waals surface area contributed by atoms with Gasteiger partial charge in [0, 0.05) is 11.3 Å². The van der Waals surface area contributed by atoms with E-state index < -0.39 is 0 Å². The Bertz CT molecular complexity index is 749. The van der Waals surface area contributed by atoms with Gasteiger partial charge in [-0.2, -0.15) is 0 Å². The molecule has 3 rings (SSSR count). The Hall–Kier alpha value is -2.09. The molecule has 0 atom stereocenters. The molecule has 0 aliphatic heterocycles. The molecule has 0 spiro atoms. The number of imidazole rings is 1. The van der Waals surface area contributed by atoms with Crippen LogP contribution in [0.25, 0.3) is 16.9 Å². The molecule has 0 amide bonds. The molecular formula is C17H18N2. The highest BCUT2D eigenvalue weighted by molar-refractivity contribution is 5.68. The molecule has 0 N–H and O–H groups in total. The molecule has 0 aliphatic carbocycles. The lowest BCUT2D eigenvalue weighted by molar-refractivity contribution is 1.09. The Labute approximate surface area is 113 Å². The van der Waals surface area contributed by atoms with E-state index in [9.17, 15) is 0 Å². The zero-order chi connectivity index (χ0) is 13.6. The van der Waals surface area contributed by atoms with Crippen molar-refractivity contribution in [3.8, 4) is 11.3 Å². The van der Waals surface area contributed by atoms with Gasteiger partial charge in [-0.3, -0.25) is 4.40 Å². The third-order valence-corrected chi connectivity index (χ3v) is 3.55. The van der Waals surface area contributed by atoms with Gasteiger partial charge in [0.05, 0.1) is 11.4 Å². The Balaban J connectivity index is 2.34. The van der Waals surface area contributed by atoms with Crippen LogP contribution in [-0.4, -0.2) is 9.38 Å². The summed E-state index contributed by atoms with van der Waals surface area (Å²) in [6.07, 6.45) is 0. The maximum atomic E-state index is 4.70. The first-order chi connectivity index (χ1) is 9.06. The normalized spacial score (nSPS) is 11.2. The maximum Gasteiger partial charge on any atom is 0.137 e. The zero-order valence-electron chi connectivity index (χ0n) is 11.9. The minimum atomic E-state index is 1.03. The number of benzene rings is 1. The monoisotopic (exact) mass is 250 g/mol. The van der Waals surface area contributed by atoms with Crippen molar-refractivity contribution < 1.29 is 0 Å². The number of hydrogen-bond donors (Lipinski definition) is 0. The summed E-state index contributed by atoms with van der Waals surface area (Å²) in [5, 5.41) is 0. The molecule has 19 heavy (non-hydrogen) atoms. The van der Waals surface area contributed by atoms with Crippen molar-refractivity contribution in [1.29, 1.82) is 0 Å². The number of pyridine rings is 1. The highest BCUT2D eigenvalue weighted by atomic mass is 15.0. The average Bonchev–Trinajstić information content (AvgIpc) is 2.66. The largest absolute Gasteiger partial charge is 0.297 e. The molecule has 0 saturated carbocycles. The minimum absolute atomic E-state index is 1.03. The van der Waals surface area contributed by atoms with Crippen LogP contribution in [-0.2, 0) is 0 Å². The van der Waals surface area contributed by atoms with E-state index in [1.807, 2.05) is 0 Å². The van der Waals surface area contributed by atoms with Gasteiger partial charge in [0.2, 0.25) is 0 Å². The second kappa shape index (κ2) is 4.23. The van der Waals surface area contributed by atoms with Crippen LogP contribution in [0, 0.1) is 27.7 Å². The smallest absolute Gasteiger partial charge is 0.137 e. The van der Waals surface area contributed by atoms with Gasteiger partial charge in [-0.15, -0.1) is 0 Å². The average molecular weight is 250 g/mol. The van der Waals surface area contributed by atoms with Crippen LogP contribution in [0.4, 0.5) is 0 Å². The van der Waals surface area contributed by atoms with Gasteiger partial charge in [-0.05, 0) is 45.4 Å². The van der Waals surface area contributed by atoms with Crippen molar-refractivity contribution in [2.45, 2.75) is 27.7 Å². The summed E-state index contributed by atoms with van der Waals surface area (Å²) < 4.78 is 2.24. The third-order valence-electron chi connectivity index (χ3n) is 3.55. The highest BCUT2D eigenvalue weighted by Crippen LogP contribution is 2.27. The van der Waals surface area contributed by atoms with Crippen LogP contribution in [0.3, 0.4) is 0 Å². The third kappa shape index (κ3) is 1.93. The fourth-order valence-electron chi connectivity index (χ4n) is 2.69. The number of rotatable bonds is 1. The van der Waals surface area contributed by atoms with Crippen molar-refractivity contribution in [3.05, 3.63) is 58.9 Å². The van der Waals surface area contributed by atoms with Crippen molar-refractivity contribution in [2.24, 2.45) is 0 Å². The molecule has 0 saturated heterocycles. The number of nitrogens with zero attached hydrogens (tertiary/aromatic N) is 2. The van der Waals surface area contributed by atoms with Crippen molar-refractivity contribution in [3.63, 3.8) is 0 Å². The molecule has 3 aromatic rings. The van der Waals surface area contributed by atoms with E-state index in [1.54, 1.807) is 0 Å². The van der Waals surface area contributed by atoms with Gasteiger partial charge in [0.15, 0.2) is 0 Å². The summed E-state index contributed by atoms with van der Waals surface area (Å²) in [5.41, 5.74) is 8.30. The SMILES string of the molecule is Cc1ccc(-c2c(C)nc3cc(C)cc(C)n23)cc1. The van der Waals surface area contributed by atoms with Crippen LogP contribution in [0.1, 0.15) is 22.5 Å². The van der Waals surface area contributed by atoms with E-state index in [-0.39, 0.29) is 0 Å². The Morgan fingerprint density at radius 1 is 0.842 bits per heavy atom. The van der Waals surface area contributed by atoms with Crippen LogP contribution in [0.5, 0.6) is 0 Å². The van der Waals surface area contributed by atoms with Crippen LogP contribution in [0.15, 0.2) is 36.4 Å². The Morgan fingerprint density at radius 2 is 1.53 bits per heavy atom. The van der Waals surface area contributed by atoms with Crippen LogP contribution in [0.2, 0.25) is 0 Å². The number of hydrogen-bond acceptors (Lipinski definition) is 1. The van der Waals surface area contributed by atoms with E-state index in [1.165, 1.54) is 28.1 Å². The van der Waals surface area contributed by atoms with Gasteiger partial charge in [0.1, 0.15) is 5.65 Å². The molecule has 96 valence electrons. The quantitative estimate of drug-likeness (QED) is 0.631. The lowest BCUT2D eigenvalue weighted by atomic mass is 10.1. The topological polar surface area (TPSA) is 17.3 Å². The minimum Gasteiger partial charge on any atom is -0.297 e. The summed E-state index contributed by atoms with van der Waals surface area (Å²) in [6, 6.07) is 13.0. The first kappa shape index (κ1) is 12.0. The Kier molecular flexibility index (Phi) is 2.67. The van der Waals surface area contributed by atoms with Crippen molar-refractivity contribution in [2.75, 3.05) is 0 Å². The predicted octanol–water partition coefficient (Wildman–Crippen LogP) is 4.23. The predicted molar refractivity (Wildman–Crippen MR) is 79.6 cm³/mol. The van der Waals surface area contributed by atoms with Gasteiger partial charge in [-0.25, -0.2) is 4.98 Å². The number of fused-ring (bicyclic) bond motifs is 1. The second-order valence-corrected chi connectivity index (χ2v) is 5.28. The summed E-state index contributed by atoms with van der Waals surface area (Å²) in [5.74, 6) is 0. The van der Waals surface area contributed by atoms with Gasteiger partial charge in [0.25, 0.3) is 0 Å². The van der Waals surface area contributed by atoms with E-state index in [0.29, 0.717) is 0 Å². The number of aromatic nitrogens is 2. The fourth-order valence-corrected chi connectivity index (χ4v) is 2.69. The maximum absolute atomic E-state index is 4.70. The second-order valence-electron chi connectivity index (χ2n) is 5.28. The molecule has 2 nitrogen and oxygen atoms in total. The summed E-state index contributed by atoms with van der Waals surface area (Å²) >= 11 is 0. The summed E-state index contributed by atoms with van der Waals surface area (Å²) in [4.78, 5) is 4.70. The lowest BCUT2D eigenvalue weighted by Crippen LogP contribution is -1.95. The molecule has 0 unspecified atom stereocenters. The summed E-state index contributed by atoms with van der Waals surface area (Å²) in [7, 11) is 0. The van der Waals surface area contributed by atoms with Crippen LogP contribution < -0.4 is 0 Å². The number of aryl methyl sites for hydroxylation is 4. The standard InChI is InChI=1S/C17H18N2/c1-11-5-7-15(8-6-11)17-14(4)18-16-10-12(2)9-13(3)19(16)17/h5-10H,1-4H3. The molecule has 0 bridgehead atoms. The van der Waals surface area contributed by atoms with Crippen molar-refractivity contribution >= 4 is 5.65 Å². The first-order valence-corrected chi connectivity index (χ1v) is 6.59. The van der Waals surface area contributed by atoms with Gasteiger partial charge in [-0.1, -0.05) is 29.8 Å².